The Morgan fingerprint density at radius 2 is 1.97 bits per heavy atom. The van der Waals surface area contributed by atoms with Crippen LogP contribution in [0.1, 0.15) is 29.6 Å². The lowest BCUT2D eigenvalue weighted by atomic mass is 10.2. The summed E-state index contributed by atoms with van der Waals surface area (Å²) < 4.78 is 15.9. The topological polar surface area (TPSA) is 94.8 Å². The van der Waals surface area contributed by atoms with Gasteiger partial charge in [0.05, 0.1) is 24.1 Å². The molecule has 0 N–H and O–H groups in total. The molecule has 8 nitrogen and oxygen atoms in total. The van der Waals surface area contributed by atoms with Gasteiger partial charge >= 0.3 is 5.97 Å². The van der Waals surface area contributed by atoms with Crippen molar-refractivity contribution >= 4 is 23.2 Å². The van der Waals surface area contributed by atoms with Crippen LogP contribution in [0.3, 0.4) is 0 Å². The smallest absolute Gasteiger partial charge is 0.337 e. The Hall–Kier alpha value is -3.20. The van der Waals surface area contributed by atoms with Crippen molar-refractivity contribution in [2.75, 3.05) is 20.3 Å². The van der Waals surface area contributed by atoms with Gasteiger partial charge in [0.25, 0.3) is 11.8 Å². The first-order chi connectivity index (χ1) is 14.1. The van der Waals surface area contributed by atoms with Crippen molar-refractivity contribution in [3.05, 3.63) is 53.2 Å². The molecule has 152 valence electrons. The molecule has 3 rings (SSSR count). The van der Waals surface area contributed by atoms with E-state index in [9.17, 15) is 9.59 Å². The Morgan fingerprint density at radius 1 is 1.17 bits per heavy atom. The fourth-order valence-corrected chi connectivity index (χ4v) is 3.23. The van der Waals surface area contributed by atoms with Gasteiger partial charge in [-0.25, -0.2) is 4.79 Å². The van der Waals surface area contributed by atoms with E-state index in [2.05, 4.69) is 14.9 Å². The van der Waals surface area contributed by atoms with E-state index in [1.54, 1.807) is 29.2 Å². The van der Waals surface area contributed by atoms with Crippen molar-refractivity contribution in [3.8, 4) is 16.5 Å². The third-order valence-electron chi connectivity index (χ3n) is 4.01. The third-order valence-corrected chi connectivity index (χ3v) is 4.87. The summed E-state index contributed by atoms with van der Waals surface area (Å²) in [7, 11) is 1.32. The molecule has 0 aliphatic rings. The zero-order chi connectivity index (χ0) is 20.6. The maximum Gasteiger partial charge on any atom is 0.337 e. The lowest BCUT2D eigenvalue weighted by molar-refractivity contribution is -0.134. The summed E-state index contributed by atoms with van der Waals surface area (Å²) in [6.07, 6.45) is 0.783. The van der Waals surface area contributed by atoms with Crippen LogP contribution in [0, 0.1) is 0 Å². The van der Waals surface area contributed by atoms with E-state index in [-0.39, 0.29) is 19.1 Å². The molecule has 3 aromatic rings. The summed E-state index contributed by atoms with van der Waals surface area (Å²) in [4.78, 5) is 26.6. The Bertz CT molecular complexity index is 937. The van der Waals surface area contributed by atoms with E-state index in [4.69, 9.17) is 9.15 Å². The van der Waals surface area contributed by atoms with E-state index in [1.807, 2.05) is 24.4 Å². The van der Waals surface area contributed by atoms with Crippen LogP contribution in [-0.2, 0) is 16.1 Å². The first-order valence-corrected chi connectivity index (χ1v) is 9.94. The second-order valence-corrected chi connectivity index (χ2v) is 7.05. The van der Waals surface area contributed by atoms with Gasteiger partial charge in [0.2, 0.25) is 5.89 Å². The van der Waals surface area contributed by atoms with Crippen LogP contribution in [0.4, 0.5) is 0 Å². The van der Waals surface area contributed by atoms with Crippen molar-refractivity contribution in [2.24, 2.45) is 0 Å². The third kappa shape index (κ3) is 5.41. The van der Waals surface area contributed by atoms with Gasteiger partial charge in [-0.15, -0.1) is 21.5 Å². The second-order valence-electron chi connectivity index (χ2n) is 6.10. The van der Waals surface area contributed by atoms with Gasteiger partial charge in [0, 0.05) is 6.54 Å². The van der Waals surface area contributed by atoms with Crippen LogP contribution in [0.15, 0.2) is 46.2 Å². The Labute approximate surface area is 172 Å². The molecule has 0 radical (unpaired) electrons. The van der Waals surface area contributed by atoms with Gasteiger partial charge in [-0.2, -0.15) is 0 Å². The van der Waals surface area contributed by atoms with Gasteiger partial charge in [-0.1, -0.05) is 13.0 Å². The van der Waals surface area contributed by atoms with Crippen molar-refractivity contribution in [1.29, 1.82) is 0 Å². The highest BCUT2D eigenvalue weighted by molar-refractivity contribution is 7.13. The molecule has 0 bridgehead atoms. The maximum absolute atomic E-state index is 12.6. The number of methoxy groups -OCH3 is 1. The minimum Gasteiger partial charge on any atom is -0.484 e. The summed E-state index contributed by atoms with van der Waals surface area (Å²) >= 11 is 1.51. The number of hydrogen-bond acceptors (Lipinski definition) is 8. The molecule has 0 spiro atoms. The van der Waals surface area contributed by atoms with E-state index in [0.29, 0.717) is 29.6 Å². The summed E-state index contributed by atoms with van der Waals surface area (Å²) in [5.74, 6) is 0.682. The van der Waals surface area contributed by atoms with E-state index in [1.165, 1.54) is 18.4 Å². The number of carbonyl (C=O) groups excluding carboxylic acids is 2. The van der Waals surface area contributed by atoms with E-state index >= 15 is 0 Å². The molecule has 0 atom stereocenters. The molecule has 1 amide bonds. The van der Waals surface area contributed by atoms with Crippen LogP contribution in [0.5, 0.6) is 5.75 Å². The number of rotatable bonds is 9. The number of benzene rings is 1. The number of hydrogen-bond donors (Lipinski definition) is 0. The highest BCUT2D eigenvalue weighted by Gasteiger charge is 2.18. The number of esters is 1. The van der Waals surface area contributed by atoms with Crippen LogP contribution in [0.2, 0.25) is 0 Å². The second kappa shape index (κ2) is 9.83. The van der Waals surface area contributed by atoms with E-state index in [0.717, 1.165) is 11.3 Å². The molecule has 0 saturated carbocycles. The maximum atomic E-state index is 12.6. The highest BCUT2D eigenvalue weighted by Crippen LogP contribution is 2.23. The van der Waals surface area contributed by atoms with Gasteiger partial charge in [-0.3, -0.25) is 4.79 Å². The van der Waals surface area contributed by atoms with E-state index < -0.39 is 5.97 Å². The number of aromatic nitrogens is 2. The zero-order valence-electron chi connectivity index (χ0n) is 16.2. The Balaban J connectivity index is 1.58. The number of ether oxygens (including phenoxy) is 2. The summed E-state index contributed by atoms with van der Waals surface area (Å²) in [5, 5.41) is 10.0. The lowest BCUT2D eigenvalue weighted by Gasteiger charge is -2.20. The molecular weight excluding hydrogens is 394 g/mol. The highest BCUT2D eigenvalue weighted by atomic mass is 32.1. The van der Waals surface area contributed by atoms with Gasteiger partial charge in [-0.05, 0) is 42.1 Å². The standard InChI is InChI=1S/C20H21N3O5S/c1-3-10-23(12-17-21-22-19(28-17)16-5-4-11-29-16)18(24)13-27-15-8-6-14(7-9-15)20(25)26-2/h4-9,11H,3,10,12-13H2,1-2H3. The van der Waals surface area contributed by atoms with Crippen molar-refractivity contribution in [1.82, 2.24) is 15.1 Å². The molecule has 0 aliphatic carbocycles. The van der Waals surface area contributed by atoms with Gasteiger partial charge in [0.1, 0.15) is 5.75 Å². The van der Waals surface area contributed by atoms with Crippen molar-refractivity contribution < 1.29 is 23.5 Å². The summed E-state index contributed by atoms with van der Waals surface area (Å²) in [6, 6.07) is 10.2. The normalized spacial score (nSPS) is 10.6. The molecule has 0 aliphatic heterocycles. The monoisotopic (exact) mass is 415 g/mol. The first-order valence-electron chi connectivity index (χ1n) is 9.06. The first kappa shape index (κ1) is 20.5. The molecule has 2 aromatic heterocycles. The van der Waals surface area contributed by atoms with Crippen LogP contribution in [-0.4, -0.2) is 47.2 Å². The molecule has 0 unspecified atom stereocenters. The quantitative estimate of drug-likeness (QED) is 0.494. The van der Waals surface area contributed by atoms with Crippen molar-refractivity contribution in [2.45, 2.75) is 19.9 Å². The predicted octanol–water partition coefficient (Wildman–Crippen LogP) is 3.40. The number of carbonyl (C=O) groups is 2. The minimum atomic E-state index is -0.428. The molecule has 1 aromatic carbocycles. The molecule has 2 heterocycles. The van der Waals surface area contributed by atoms with Crippen LogP contribution >= 0.6 is 11.3 Å². The Kier molecular flexibility index (Phi) is 6.96. The average Bonchev–Trinajstić information content (AvgIpc) is 3.43. The van der Waals surface area contributed by atoms with Crippen LogP contribution in [0.25, 0.3) is 10.8 Å². The van der Waals surface area contributed by atoms with Gasteiger partial charge in [0.15, 0.2) is 6.61 Å². The Morgan fingerprint density at radius 3 is 2.62 bits per heavy atom. The SMILES string of the molecule is CCCN(Cc1nnc(-c2cccs2)o1)C(=O)COc1ccc(C(=O)OC)cc1. The lowest BCUT2D eigenvalue weighted by Crippen LogP contribution is -2.35. The molecule has 0 fully saturated rings. The molecular formula is C20H21N3O5S. The summed E-state index contributed by atoms with van der Waals surface area (Å²) in [5.41, 5.74) is 0.414. The van der Waals surface area contributed by atoms with Crippen LogP contribution < -0.4 is 4.74 Å². The fraction of sp³-hybridized carbons (Fsp3) is 0.300. The number of nitrogens with zero attached hydrogens (tertiary/aromatic N) is 3. The summed E-state index contributed by atoms with van der Waals surface area (Å²) in [6.45, 7) is 2.61. The van der Waals surface area contributed by atoms with Crippen molar-refractivity contribution in [3.63, 3.8) is 0 Å². The van der Waals surface area contributed by atoms with Gasteiger partial charge < -0.3 is 18.8 Å². The average molecular weight is 415 g/mol. The zero-order valence-corrected chi connectivity index (χ0v) is 17.0. The fourth-order valence-electron chi connectivity index (χ4n) is 2.58. The largest absolute Gasteiger partial charge is 0.484 e. The number of amides is 1. The number of thiophene rings is 1. The molecule has 9 heteroatoms. The molecule has 29 heavy (non-hydrogen) atoms. The molecule has 0 saturated heterocycles. The minimum absolute atomic E-state index is 0.135. The predicted molar refractivity (Wildman–Crippen MR) is 107 cm³/mol.